The number of methoxy groups -OCH3 is 1. The van der Waals surface area contributed by atoms with Crippen molar-refractivity contribution < 1.29 is 23.0 Å². The second kappa shape index (κ2) is 6.26. The molecule has 0 aliphatic rings. The van der Waals surface area contributed by atoms with E-state index in [1.54, 1.807) is 6.92 Å². The quantitative estimate of drug-likeness (QED) is 0.896. The number of nitrogens with two attached hydrogens (primary N) is 1. The summed E-state index contributed by atoms with van der Waals surface area (Å²) in [5.74, 6) is 0.558. The van der Waals surface area contributed by atoms with Gasteiger partial charge in [0.15, 0.2) is 6.10 Å². The van der Waals surface area contributed by atoms with Crippen LogP contribution in [0.1, 0.15) is 17.2 Å². The molecule has 3 N–H and O–H groups in total. The zero-order valence-corrected chi connectivity index (χ0v) is 10.7. The topological polar surface area (TPSA) is 55.5 Å². The molecular formula is C11H15ClF3NO2. The van der Waals surface area contributed by atoms with Crippen molar-refractivity contribution in [2.24, 2.45) is 5.73 Å². The van der Waals surface area contributed by atoms with Gasteiger partial charge in [0.25, 0.3) is 0 Å². The van der Waals surface area contributed by atoms with E-state index in [1.807, 2.05) is 0 Å². The Morgan fingerprint density at radius 1 is 1.33 bits per heavy atom. The summed E-state index contributed by atoms with van der Waals surface area (Å²) in [4.78, 5) is 0. The third-order valence-electron chi connectivity index (χ3n) is 2.48. The summed E-state index contributed by atoms with van der Waals surface area (Å²) in [6, 6.07) is 2.90. The van der Waals surface area contributed by atoms with Crippen molar-refractivity contribution >= 4 is 12.4 Å². The first-order valence-corrected chi connectivity index (χ1v) is 4.92. The number of alkyl halides is 3. The summed E-state index contributed by atoms with van der Waals surface area (Å²) < 4.78 is 41.8. The van der Waals surface area contributed by atoms with E-state index < -0.39 is 18.3 Å². The van der Waals surface area contributed by atoms with Crippen LogP contribution in [0.3, 0.4) is 0 Å². The maximum atomic E-state index is 12.3. The minimum Gasteiger partial charge on any atom is -0.496 e. The third-order valence-corrected chi connectivity index (χ3v) is 2.48. The van der Waals surface area contributed by atoms with Gasteiger partial charge in [-0.25, -0.2) is 0 Å². The Labute approximate surface area is 109 Å². The Hall–Kier alpha value is -0.980. The van der Waals surface area contributed by atoms with Crippen LogP contribution in [0.5, 0.6) is 5.75 Å². The smallest absolute Gasteiger partial charge is 0.416 e. The number of hydrogen-bond donors (Lipinski definition) is 2. The van der Waals surface area contributed by atoms with Crippen LogP contribution < -0.4 is 10.5 Å². The molecule has 0 aliphatic carbocycles. The molecule has 0 heterocycles. The Bertz CT molecular complexity index is 398. The minimum atomic E-state index is -4.73. The van der Waals surface area contributed by atoms with Gasteiger partial charge >= 0.3 is 6.18 Å². The van der Waals surface area contributed by atoms with Crippen molar-refractivity contribution in [1.82, 2.24) is 0 Å². The van der Waals surface area contributed by atoms with Crippen LogP contribution >= 0.6 is 12.4 Å². The molecule has 0 spiro atoms. The van der Waals surface area contributed by atoms with Crippen molar-refractivity contribution in [3.63, 3.8) is 0 Å². The predicted octanol–water partition coefficient (Wildman–Crippen LogP) is 2.35. The molecule has 3 nitrogen and oxygen atoms in total. The van der Waals surface area contributed by atoms with E-state index in [0.717, 1.165) is 0 Å². The van der Waals surface area contributed by atoms with Crippen LogP contribution in [-0.2, 0) is 0 Å². The lowest BCUT2D eigenvalue weighted by atomic mass is 10.00. The molecule has 0 saturated carbocycles. The number of aryl methyl sites for hydroxylation is 1. The van der Waals surface area contributed by atoms with Crippen molar-refractivity contribution in [1.29, 1.82) is 0 Å². The molecule has 0 fully saturated rings. The molecule has 0 saturated heterocycles. The zero-order chi connectivity index (χ0) is 13.2. The number of benzene rings is 1. The van der Waals surface area contributed by atoms with Gasteiger partial charge in [-0.05, 0) is 24.1 Å². The van der Waals surface area contributed by atoms with E-state index in [0.29, 0.717) is 11.3 Å². The largest absolute Gasteiger partial charge is 0.496 e. The molecule has 0 aliphatic heterocycles. The number of halogens is 4. The van der Waals surface area contributed by atoms with Crippen LogP contribution in [0, 0.1) is 6.92 Å². The highest BCUT2D eigenvalue weighted by atomic mass is 35.5. The van der Waals surface area contributed by atoms with Gasteiger partial charge in [0.05, 0.1) is 13.2 Å². The number of rotatable bonds is 3. The van der Waals surface area contributed by atoms with Crippen molar-refractivity contribution in [2.75, 3.05) is 7.11 Å². The van der Waals surface area contributed by atoms with Crippen molar-refractivity contribution in [3.8, 4) is 5.75 Å². The third kappa shape index (κ3) is 3.76. The molecule has 1 aromatic carbocycles. The summed E-state index contributed by atoms with van der Waals surface area (Å²) in [5.41, 5.74) is 6.25. The van der Waals surface area contributed by atoms with Gasteiger partial charge in [-0.3, -0.25) is 0 Å². The van der Waals surface area contributed by atoms with Crippen LogP contribution in [-0.4, -0.2) is 24.5 Å². The first kappa shape index (κ1) is 17.0. The van der Waals surface area contributed by atoms with E-state index >= 15 is 0 Å². The van der Waals surface area contributed by atoms with E-state index in [2.05, 4.69) is 0 Å². The van der Waals surface area contributed by atoms with Crippen LogP contribution in [0.25, 0.3) is 0 Å². The van der Waals surface area contributed by atoms with E-state index in [4.69, 9.17) is 15.6 Å². The lowest BCUT2D eigenvalue weighted by Crippen LogP contribution is -2.38. The minimum absolute atomic E-state index is 0. The fourth-order valence-corrected chi connectivity index (χ4v) is 1.49. The summed E-state index contributed by atoms with van der Waals surface area (Å²) >= 11 is 0. The highest BCUT2D eigenvalue weighted by molar-refractivity contribution is 5.85. The first-order chi connectivity index (χ1) is 7.77. The monoisotopic (exact) mass is 285 g/mol. The highest BCUT2D eigenvalue weighted by Gasteiger charge is 2.42. The number of aliphatic hydroxyl groups is 1. The predicted molar refractivity (Wildman–Crippen MR) is 64.0 cm³/mol. The lowest BCUT2D eigenvalue weighted by molar-refractivity contribution is -0.210. The fraction of sp³-hybridized carbons (Fsp3) is 0.455. The molecule has 104 valence electrons. The fourth-order valence-electron chi connectivity index (χ4n) is 1.49. The van der Waals surface area contributed by atoms with Gasteiger partial charge in [-0.15, -0.1) is 12.4 Å². The van der Waals surface area contributed by atoms with Gasteiger partial charge < -0.3 is 15.6 Å². The van der Waals surface area contributed by atoms with Gasteiger partial charge in [0.1, 0.15) is 5.75 Å². The Balaban J connectivity index is 0.00000289. The summed E-state index contributed by atoms with van der Waals surface area (Å²) in [5, 5.41) is 9.04. The molecule has 0 radical (unpaired) electrons. The molecule has 0 aromatic heterocycles. The molecule has 18 heavy (non-hydrogen) atoms. The highest BCUT2D eigenvalue weighted by Crippen LogP contribution is 2.30. The Kier molecular flexibility index (Phi) is 5.92. The molecule has 7 heteroatoms. The number of ether oxygens (including phenoxy) is 1. The van der Waals surface area contributed by atoms with E-state index in [9.17, 15) is 13.2 Å². The lowest BCUT2D eigenvalue weighted by Gasteiger charge is -2.22. The Morgan fingerprint density at radius 3 is 2.28 bits per heavy atom. The summed E-state index contributed by atoms with van der Waals surface area (Å²) in [6.07, 6.45) is -7.30. The summed E-state index contributed by atoms with van der Waals surface area (Å²) in [7, 11) is 1.46. The molecule has 0 bridgehead atoms. The molecular weight excluding hydrogens is 271 g/mol. The standard InChI is InChI=1S/C11H14F3NO2.ClH/c1-6-5-7(3-4-8(6)17-2)9(15)10(16)11(12,13)14;/h3-5,9-10,16H,15H2,1-2H3;1H/t9-,10-;/m1./s1. The molecule has 0 unspecified atom stereocenters. The molecule has 1 aromatic rings. The van der Waals surface area contributed by atoms with Crippen LogP contribution in [0.4, 0.5) is 13.2 Å². The second-order valence-electron chi connectivity index (χ2n) is 3.74. The van der Waals surface area contributed by atoms with Crippen molar-refractivity contribution in [3.05, 3.63) is 29.3 Å². The van der Waals surface area contributed by atoms with Gasteiger partial charge in [0, 0.05) is 0 Å². The van der Waals surface area contributed by atoms with Crippen LogP contribution in [0.2, 0.25) is 0 Å². The van der Waals surface area contributed by atoms with Gasteiger partial charge in [-0.1, -0.05) is 12.1 Å². The molecule has 2 atom stereocenters. The summed E-state index contributed by atoms with van der Waals surface area (Å²) in [6.45, 7) is 1.69. The SMILES string of the molecule is COc1ccc([C@@H](N)[C@@H](O)C(F)(F)F)cc1C.Cl. The maximum Gasteiger partial charge on any atom is 0.416 e. The maximum absolute atomic E-state index is 12.3. The van der Waals surface area contributed by atoms with Crippen LogP contribution in [0.15, 0.2) is 18.2 Å². The second-order valence-corrected chi connectivity index (χ2v) is 3.74. The average molecular weight is 286 g/mol. The van der Waals surface area contributed by atoms with Gasteiger partial charge in [0.2, 0.25) is 0 Å². The Morgan fingerprint density at radius 2 is 1.89 bits per heavy atom. The number of hydrogen-bond acceptors (Lipinski definition) is 3. The van der Waals surface area contributed by atoms with E-state index in [-0.39, 0.29) is 18.0 Å². The first-order valence-electron chi connectivity index (χ1n) is 4.92. The van der Waals surface area contributed by atoms with E-state index in [1.165, 1.54) is 25.3 Å². The van der Waals surface area contributed by atoms with Gasteiger partial charge in [-0.2, -0.15) is 13.2 Å². The molecule has 1 rings (SSSR count). The number of aliphatic hydroxyl groups excluding tert-OH is 1. The average Bonchev–Trinajstić information content (AvgIpc) is 2.25. The zero-order valence-electron chi connectivity index (χ0n) is 9.86. The molecule has 0 amide bonds. The normalized spacial score (nSPS) is 14.6. The van der Waals surface area contributed by atoms with Crippen molar-refractivity contribution in [2.45, 2.75) is 25.2 Å².